The molecule has 0 aliphatic heterocycles. The zero-order chi connectivity index (χ0) is 18.5. The molecule has 0 saturated heterocycles. The second-order valence-corrected chi connectivity index (χ2v) is 6.69. The normalized spacial score (nSPS) is 10.5. The van der Waals surface area contributed by atoms with Crippen molar-refractivity contribution in [3.05, 3.63) is 45.8 Å². The summed E-state index contributed by atoms with van der Waals surface area (Å²) in [6.45, 7) is -0.759. The lowest BCUT2D eigenvalue weighted by atomic mass is 10.3. The fraction of sp³-hybridized carbons (Fsp3) is 0.133. The van der Waals surface area contributed by atoms with E-state index in [0.717, 1.165) is 9.67 Å². The van der Waals surface area contributed by atoms with Gasteiger partial charge in [-0.3, -0.25) is 4.79 Å². The molecule has 0 bridgehead atoms. The number of carbonyl (C=O) groups is 2. The van der Waals surface area contributed by atoms with E-state index in [2.05, 4.69) is 20.7 Å². The maximum atomic E-state index is 11.9. The fourth-order valence-electron chi connectivity index (χ4n) is 1.91. The molecule has 11 heteroatoms. The second kappa shape index (κ2) is 8.26. The molecule has 0 fully saturated rings. The van der Waals surface area contributed by atoms with Crippen molar-refractivity contribution in [1.82, 2.24) is 20.2 Å². The molecule has 0 aliphatic carbocycles. The quantitative estimate of drug-likeness (QED) is 0.625. The number of nitrogens with zero attached hydrogens (tertiary/aromatic N) is 4. The summed E-state index contributed by atoms with van der Waals surface area (Å²) >= 11 is 13.4. The maximum Gasteiger partial charge on any atom is 0.330 e. The van der Waals surface area contributed by atoms with E-state index in [-0.39, 0.29) is 22.3 Å². The van der Waals surface area contributed by atoms with Gasteiger partial charge < -0.3 is 10.1 Å². The molecule has 0 unspecified atom stereocenters. The molecule has 8 nitrogen and oxygen atoms in total. The van der Waals surface area contributed by atoms with Crippen molar-refractivity contribution in [2.75, 3.05) is 11.9 Å². The van der Waals surface area contributed by atoms with Crippen molar-refractivity contribution in [2.45, 2.75) is 6.54 Å². The van der Waals surface area contributed by atoms with Crippen LogP contribution in [0.15, 0.2) is 35.7 Å². The molecule has 3 rings (SSSR count). The minimum absolute atomic E-state index is 0.260. The number of halogens is 2. The van der Waals surface area contributed by atoms with Gasteiger partial charge in [0, 0.05) is 0 Å². The lowest BCUT2D eigenvalue weighted by Crippen LogP contribution is -2.23. The first-order valence-corrected chi connectivity index (χ1v) is 8.87. The molecule has 0 spiro atoms. The van der Waals surface area contributed by atoms with Crippen LogP contribution < -0.4 is 5.32 Å². The molecule has 1 N–H and O–H groups in total. The lowest BCUT2D eigenvalue weighted by molar-refractivity contribution is -0.148. The van der Waals surface area contributed by atoms with E-state index >= 15 is 0 Å². The van der Waals surface area contributed by atoms with Crippen LogP contribution in [-0.2, 0) is 20.9 Å². The van der Waals surface area contributed by atoms with E-state index in [9.17, 15) is 9.59 Å². The topological polar surface area (TPSA) is 99.0 Å². The van der Waals surface area contributed by atoms with E-state index in [1.165, 1.54) is 11.3 Å². The SMILES string of the molecule is O=C(COC(=O)Cn1nnc(-c2cccs2)n1)Nc1c(Cl)cccc1Cl. The standard InChI is InChI=1S/C15H11Cl2N5O3S/c16-9-3-1-4-10(17)14(9)18-12(23)8-25-13(24)7-22-20-15(19-21-22)11-5-2-6-26-11/h1-6H,7-8H2,(H,18,23). The van der Waals surface area contributed by atoms with Gasteiger partial charge in [0.25, 0.3) is 5.91 Å². The van der Waals surface area contributed by atoms with Gasteiger partial charge in [0.15, 0.2) is 13.2 Å². The molecule has 1 aromatic carbocycles. The van der Waals surface area contributed by atoms with Crippen molar-refractivity contribution in [3.63, 3.8) is 0 Å². The molecule has 0 radical (unpaired) electrons. The minimum atomic E-state index is -0.680. The van der Waals surface area contributed by atoms with Gasteiger partial charge in [0.1, 0.15) is 0 Å². The van der Waals surface area contributed by atoms with Crippen molar-refractivity contribution >= 4 is 52.1 Å². The van der Waals surface area contributed by atoms with Crippen molar-refractivity contribution in [2.24, 2.45) is 0 Å². The Morgan fingerprint density at radius 2 is 1.96 bits per heavy atom. The van der Waals surface area contributed by atoms with Crippen LogP contribution in [0.1, 0.15) is 0 Å². The van der Waals surface area contributed by atoms with Crippen LogP contribution >= 0.6 is 34.5 Å². The summed E-state index contributed by atoms with van der Waals surface area (Å²) in [7, 11) is 0. The average molecular weight is 412 g/mol. The molecule has 2 heterocycles. The third-order valence-corrected chi connectivity index (χ3v) is 4.55. The summed E-state index contributed by atoms with van der Waals surface area (Å²) in [5.74, 6) is -0.835. The Kier molecular flexibility index (Phi) is 5.82. The van der Waals surface area contributed by atoms with Crippen molar-refractivity contribution in [1.29, 1.82) is 0 Å². The van der Waals surface area contributed by atoms with Gasteiger partial charge >= 0.3 is 5.97 Å². The van der Waals surface area contributed by atoms with Gasteiger partial charge in [-0.05, 0) is 28.8 Å². The zero-order valence-corrected chi connectivity index (χ0v) is 15.4. The number of anilines is 1. The van der Waals surface area contributed by atoms with Gasteiger partial charge in [-0.25, -0.2) is 4.79 Å². The van der Waals surface area contributed by atoms with E-state index in [0.29, 0.717) is 5.82 Å². The maximum absolute atomic E-state index is 11.9. The van der Waals surface area contributed by atoms with E-state index < -0.39 is 18.5 Å². The van der Waals surface area contributed by atoms with Crippen LogP contribution in [0.4, 0.5) is 5.69 Å². The highest BCUT2D eigenvalue weighted by molar-refractivity contribution is 7.13. The Morgan fingerprint density at radius 1 is 1.19 bits per heavy atom. The van der Waals surface area contributed by atoms with Crippen LogP contribution in [0, 0.1) is 0 Å². The zero-order valence-electron chi connectivity index (χ0n) is 13.1. The first-order valence-electron chi connectivity index (χ1n) is 7.24. The van der Waals surface area contributed by atoms with E-state index in [1.54, 1.807) is 18.2 Å². The summed E-state index contributed by atoms with van der Waals surface area (Å²) in [5, 5.41) is 16.7. The summed E-state index contributed by atoms with van der Waals surface area (Å²) in [4.78, 5) is 25.6. The largest absolute Gasteiger partial charge is 0.454 e. The first-order chi connectivity index (χ1) is 12.5. The number of hydrogen-bond donors (Lipinski definition) is 1. The number of para-hydroxylation sites is 1. The second-order valence-electron chi connectivity index (χ2n) is 4.93. The first kappa shape index (κ1) is 18.3. The molecule has 0 aliphatic rings. The Labute approximate surface area is 161 Å². The molecular formula is C15H11Cl2N5O3S. The highest BCUT2D eigenvalue weighted by atomic mass is 35.5. The Hall–Kier alpha value is -2.49. The molecule has 1 amide bonds. The van der Waals surface area contributed by atoms with Crippen LogP contribution in [-0.4, -0.2) is 38.7 Å². The van der Waals surface area contributed by atoms with Crippen LogP contribution in [0.3, 0.4) is 0 Å². The number of amides is 1. The number of benzene rings is 1. The van der Waals surface area contributed by atoms with Gasteiger partial charge in [-0.2, -0.15) is 4.80 Å². The Balaban J connectivity index is 1.50. The third-order valence-electron chi connectivity index (χ3n) is 3.06. The number of hydrogen-bond acceptors (Lipinski definition) is 7. The predicted molar refractivity (Wildman–Crippen MR) is 97.2 cm³/mol. The third kappa shape index (κ3) is 4.57. The molecule has 0 saturated carbocycles. The van der Waals surface area contributed by atoms with E-state index in [1.807, 2.05) is 17.5 Å². The van der Waals surface area contributed by atoms with E-state index in [4.69, 9.17) is 27.9 Å². The number of thiophene rings is 1. The smallest absolute Gasteiger partial charge is 0.330 e. The highest BCUT2D eigenvalue weighted by Crippen LogP contribution is 2.29. The molecule has 2 aromatic heterocycles. The van der Waals surface area contributed by atoms with Crippen LogP contribution in [0.25, 0.3) is 10.7 Å². The number of rotatable bonds is 6. The van der Waals surface area contributed by atoms with Crippen LogP contribution in [0.2, 0.25) is 10.0 Å². The molecule has 0 atom stereocenters. The summed E-state index contributed by atoms with van der Waals surface area (Å²) in [6.07, 6.45) is 0. The molecule has 134 valence electrons. The Bertz CT molecular complexity index is 909. The predicted octanol–water partition coefficient (Wildman–Crippen LogP) is 2.89. The highest BCUT2D eigenvalue weighted by Gasteiger charge is 2.14. The summed E-state index contributed by atoms with van der Waals surface area (Å²) < 4.78 is 4.90. The number of carbonyl (C=O) groups excluding carboxylic acids is 2. The number of tetrazole rings is 1. The number of ether oxygens (including phenoxy) is 1. The van der Waals surface area contributed by atoms with Gasteiger partial charge in [-0.1, -0.05) is 35.3 Å². The average Bonchev–Trinajstić information content (AvgIpc) is 3.28. The number of aromatic nitrogens is 4. The summed E-state index contributed by atoms with van der Waals surface area (Å²) in [6, 6.07) is 8.51. The molecule has 3 aromatic rings. The van der Waals surface area contributed by atoms with Crippen molar-refractivity contribution < 1.29 is 14.3 Å². The lowest BCUT2D eigenvalue weighted by Gasteiger charge is -2.09. The van der Waals surface area contributed by atoms with Gasteiger partial charge in [0.05, 0.1) is 20.6 Å². The monoisotopic (exact) mass is 411 g/mol. The van der Waals surface area contributed by atoms with Gasteiger partial charge in [0.2, 0.25) is 5.82 Å². The molecule has 26 heavy (non-hydrogen) atoms. The summed E-state index contributed by atoms with van der Waals surface area (Å²) in [5.41, 5.74) is 0.260. The number of nitrogens with one attached hydrogen (secondary N) is 1. The van der Waals surface area contributed by atoms with Crippen molar-refractivity contribution in [3.8, 4) is 10.7 Å². The fourth-order valence-corrected chi connectivity index (χ4v) is 3.05. The molecular weight excluding hydrogens is 401 g/mol. The minimum Gasteiger partial charge on any atom is -0.454 e. The number of esters is 1. The van der Waals surface area contributed by atoms with Gasteiger partial charge in [-0.15, -0.1) is 21.5 Å². The Morgan fingerprint density at radius 3 is 2.65 bits per heavy atom. The van der Waals surface area contributed by atoms with Crippen LogP contribution in [0.5, 0.6) is 0 Å².